The summed E-state index contributed by atoms with van der Waals surface area (Å²) in [5.41, 5.74) is 12.5. The molecule has 5 aromatic carbocycles. The molecule has 8 atom stereocenters. The van der Waals surface area contributed by atoms with Gasteiger partial charge in [-0.15, -0.1) is 0 Å². The monoisotopic (exact) mass is 2320 g/mol. The maximum absolute atomic E-state index is 11.6. The number of phenolic OH excluding ortho intramolecular Hbond substituents is 4. The average Bonchev–Trinajstić information content (AvgIpc) is 0.811. The summed E-state index contributed by atoms with van der Waals surface area (Å²) in [4.78, 5) is 30.9. The van der Waals surface area contributed by atoms with E-state index in [2.05, 4.69) is 108 Å². The van der Waals surface area contributed by atoms with E-state index in [-0.39, 0.29) is 28.3 Å². The van der Waals surface area contributed by atoms with Crippen LogP contribution in [0, 0.1) is 47.6 Å². The van der Waals surface area contributed by atoms with Crippen LogP contribution in [0.4, 0.5) is 5.69 Å². The molecule has 0 spiro atoms. The zero-order valence-electron chi connectivity index (χ0n) is 83.5. The third-order valence-corrected chi connectivity index (χ3v) is 30.5. The van der Waals surface area contributed by atoms with Gasteiger partial charge in [-0.05, 0) is 221 Å². The van der Waals surface area contributed by atoms with Gasteiger partial charge in [0.1, 0.15) is 23.0 Å². The fourth-order valence-corrected chi connectivity index (χ4v) is 22.2. The molecule has 8 aliphatic carbocycles. The van der Waals surface area contributed by atoms with Crippen molar-refractivity contribution in [3.63, 3.8) is 0 Å². The van der Waals surface area contributed by atoms with Crippen LogP contribution < -0.4 is 0 Å². The number of aliphatic imine (C=N–C) groups is 4. The summed E-state index contributed by atoms with van der Waals surface area (Å²) in [6, 6.07) is 28.4. The van der Waals surface area contributed by atoms with Gasteiger partial charge >= 0.3 is 151 Å². The zero-order valence-corrected chi connectivity index (χ0v) is 99.4. The minimum absolute atomic E-state index is 0.0667. The van der Waals surface area contributed by atoms with Gasteiger partial charge in [0, 0.05) is 64.8 Å². The number of non-ortho nitro benzene ring substituents is 1. The number of aryl methyl sites for hydroxylation is 2. The Morgan fingerprint density at radius 3 is 0.844 bits per heavy atom. The standard InChI is InChI=1S/C32H45NO.2C27H43NO.C26H40N2O3.8ClH.4Zr/c1-25-16-14-15-21-31(25)33-24-29-22-28(26-17-12-9-13-18-26)23-30(32(29)34)27-19-10-7-5-3-2-4-6-8-11-20-27;1-21-18-24(20-28-26-17-13-12-14-22(26)2)27(29)25(19-21)23-15-10-8-6-4-3-5-7-9-11-16-23;1-21-18-19-24(23-15-10-8-6-4-3-5-7-9-11-16-23)27(29)25(21)20-28-26-17-13-12-14-22(26)2;1-20-13-11-12-16-25(20)27-19-22-17-23(28(30)31)18-24(26(22)29)21-14-9-7-5-3-2-4-6-8-10-15-21;;;;;;;;;;;;/h9,12-13,17-18,22-25,27,31,34H,2-8,10-11,14-16,19-21H2,1H3;2*18-20,22-23,26,29H,3-17H2,1-2H3;17-21,25,29H,2-16H2,1H3;8*1H;;;;/q;;;;;;;;;;;;4*+2/p-8. The van der Waals surface area contributed by atoms with Crippen LogP contribution in [0.5, 0.6) is 23.0 Å². The van der Waals surface area contributed by atoms with Crippen molar-refractivity contribution >= 4 is 98.6 Å². The van der Waals surface area contributed by atoms with E-state index in [9.17, 15) is 30.5 Å². The summed E-state index contributed by atoms with van der Waals surface area (Å²) in [6.07, 6.45) is 84.6. The van der Waals surface area contributed by atoms with Crippen molar-refractivity contribution in [3.8, 4) is 34.1 Å². The number of aromatic hydroxyl groups is 4. The first-order chi connectivity index (χ1) is 65.7. The number of nitro groups is 1. The van der Waals surface area contributed by atoms with Crippen LogP contribution in [0.15, 0.2) is 98.8 Å². The van der Waals surface area contributed by atoms with Gasteiger partial charge in [-0.3, -0.25) is 30.1 Å². The maximum atomic E-state index is 11.6. The molecule has 0 bridgehead atoms. The first kappa shape index (κ1) is 123. The normalized spacial score (nSPS) is 23.4. The molecule has 752 valence electrons. The van der Waals surface area contributed by atoms with Gasteiger partial charge in [0.05, 0.1) is 29.1 Å². The second-order valence-electron chi connectivity index (χ2n) is 40.7. The second kappa shape index (κ2) is 76.7. The van der Waals surface area contributed by atoms with Crippen LogP contribution in [0.1, 0.15) is 492 Å². The zero-order chi connectivity index (χ0) is 97.4. The van der Waals surface area contributed by atoms with Gasteiger partial charge in [-0.1, -0.05) is 359 Å². The van der Waals surface area contributed by atoms with E-state index in [1.807, 2.05) is 18.6 Å². The summed E-state index contributed by atoms with van der Waals surface area (Å²) in [7, 11) is 39.5. The quantitative estimate of drug-likeness (QED) is 0.0489. The minimum atomic E-state index is -0.826. The molecule has 8 saturated carbocycles. The van der Waals surface area contributed by atoms with E-state index >= 15 is 0 Å². The van der Waals surface area contributed by atoms with E-state index in [4.69, 9.17) is 88.1 Å². The molecule has 8 fully saturated rings. The number of nitrogens with zero attached hydrogens (tertiary/aromatic N) is 5. The van der Waals surface area contributed by atoms with Crippen LogP contribution in [0.25, 0.3) is 11.1 Å². The molecule has 4 N–H and O–H groups in total. The van der Waals surface area contributed by atoms with E-state index in [0.29, 0.717) is 82.4 Å². The summed E-state index contributed by atoms with van der Waals surface area (Å²) >= 11 is -3.30. The summed E-state index contributed by atoms with van der Waals surface area (Å²) in [5.74, 6) is 5.78. The Hall–Kier alpha value is -0.768. The van der Waals surface area contributed by atoms with Gasteiger partial charge in [-0.2, -0.15) is 0 Å². The van der Waals surface area contributed by atoms with Crippen molar-refractivity contribution in [1.82, 2.24) is 0 Å². The van der Waals surface area contributed by atoms with Gasteiger partial charge < -0.3 is 20.4 Å². The van der Waals surface area contributed by atoms with Crippen LogP contribution in [-0.2, 0) is 83.4 Å². The fourth-order valence-electron chi connectivity index (χ4n) is 22.2. The van der Waals surface area contributed by atoms with Crippen molar-refractivity contribution in [3.05, 3.63) is 145 Å². The van der Waals surface area contributed by atoms with E-state index in [1.54, 1.807) is 12.3 Å². The predicted molar refractivity (Wildman–Crippen MR) is 571 cm³/mol. The number of rotatable bonds is 14. The van der Waals surface area contributed by atoms with Crippen molar-refractivity contribution in [2.75, 3.05) is 0 Å². The predicted octanol–water partition coefficient (Wildman–Crippen LogP) is 38.8. The van der Waals surface area contributed by atoms with Gasteiger partial charge in [0.15, 0.2) is 0 Å². The summed E-state index contributed by atoms with van der Waals surface area (Å²) in [5, 5.41) is 56.6. The molecule has 0 heterocycles. The molecule has 135 heavy (non-hydrogen) atoms. The number of hydrogen-bond acceptors (Lipinski definition) is 10. The number of hydrogen-bond donors (Lipinski definition) is 4. The molecule has 8 aliphatic rings. The molecule has 11 nitrogen and oxygen atoms in total. The van der Waals surface area contributed by atoms with Crippen LogP contribution in [-0.4, -0.2) is 74.4 Å². The molecule has 0 aliphatic heterocycles. The molecule has 0 saturated heterocycles. The van der Waals surface area contributed by atoms with Crippen molar-refractivity contribution in [2.45, 2.75) is 475 Å². The Bertz CT molecular complexity index is 4040. The van der Waals surface area contributed by atoms with Crippen molar-refractivity contribution < 1.29 is 109 Å². The Balaban J connectivity index is 0.000000266. The molecule has 0 amide bonds. The summed E-state index contributed by atoms with van der Waals surface area (Å²) < 4.78 is 0. The second-order valence-corrected chi connectivity index (χ2v) is 55.6. The van der Waals surface area contributed by atoms with E-state index < -0.39 is 83.4 Å². The number of nitro benzene ring substituents is 1. The molecule has 23 heteroatoms. The van der Waals surface area contributed by atoms with Gasteiger partial charge in [0.2, 0.25) is 0 Å². The molecular formula is C112H171Cl8N5O6Zr4. The Labute approximate surface area is 894 Å². The Morgan fingerprint density at radius 1 is 0.289 bits per heavy atom. The van der Waals surface area contributed by atoms with Crippen molar-refractivity contribution in [1.29, 1.82) is 0 Å². The Morgan fingerprint density at radius 2 is 0.541 bits per heavy atom. The summed E-state index contributed by atoms with van der Waals surface area (Å²) in [6.45, 7) is 13.5. The van der Waals surface area contributed by atoms with E-state index in [0.717, 1.165) is 65.5 Å². The van der Waals surface area contributed by atoms with Crippen LogP contribution in [0.2, 0.25) is 0 Å². The molecule has 8 unspecified atom stereocenters. The van der Waals surface area contributed by atoms with Gasteiger partial charge in [0.25, 0.3) is 5.69 Å². The SMILES string of the molecule is CC1CCCCC1N=Cc1cc(-c2ccccc2)cc(C2CCCCCCCCCCC2)c1O.CC1CCCCC1N=Cc1cc([N+](=O)[O-])cc(C2CCCCCCCCCCC2)c1O.Cc1cc(C=NC2CCCCC2C)c(O)c(C2CCCCCCCCCCC2)c1.Cc1ccc(C2CCCCCCCCCCC2)c(O)c1C=NC1CCCCC1C.[Cl][Zr][Cl].[Cl][Zr][Cl].[Cl][Zr][Cl].[Cl][Zr][Cl]. The molecule has 0 radical (unpaired) electrons. The van der Waals surface area contributed by atoms with Gasteiger partial charge in [-0.25, -0.2) is 0 Å². The first-order valence-corrected chi connectivity index (χ1v) is 78.7. The first-order valence-electron chi connectivity index (χ1n) is 53.3. The fraction of sp³-hybridized carbons (Fsp3) is 0.696. The Kier molecular flexibility index (Phi) is 69.9. The molecular weight excluding hydrogens is 2160 g/mol. The topological polar surface area (TPSA) is 174 Å². The number of benzene rings is 5. The van der Waals surface area contributed by atoms with Crippen LogP contribution in [0.3, 0.4) is 0 Å². The third-order valence-electron chi connectivity index (χ3n) is 30.5. The molecule has 5 aromatic rings. The van der Waals surface area contributed by atoms with Crippen LogP contribution >= 0.6 is 68.1 Å². The molecule has 0 aromatic heterocycles. The van der Waals surface area contributed by atoms with Crippen molar-refractivity contribution in [2.24, 2.45) is 43.6 Å². The number of halogens is 8. The number of phenols is 4. The average molecular weight is 2330 g/mol. The molecule has 13 rings (SSSR count). The van der Waals surface area contributed by atoms with E-state index in [1.165, 1.54) is 387 Å². The third kappa shape index (κ3) is 49.1.